The van der Waals surface area contributed by atoms with E-state index >= 15 is 0 Å². The van der Waals surface area contributed by atoms with Crippen LogP contribution in [0.2, 0.25) is 0 Å². The fourth-order valence-electron chi connectivity index (χ4n) is 1.96. The molecule has 2 unspecified atom stereocenters. The minimum Gasteiger partial charge on any atom is -0.445 e. The Morgan fingerprint density at radius 1 is 1.71 bits per heavy atom. The van der Waals surface area contributed by atoms with Gasteiger partial charge < -0.3 is 14.8 Å². The summed E-state index contributed by atoms with van der Waals surface area (Å²) in [4.78, 5) is 3.99. The van der Waals surface area contributed by atoms with Crippen LogP contribution in [0.15, 0.2) is 10.8 Å². The lowest BCUT2D eigenvalue weighted by molar-refractivity contribution is 0.0713. The number of hydrogen-bond acceptors (Lipinski definition) is 4. The van der Waals surface area contributed by atoms with Gasteiger partial charge in [-0.3, -0.25) is 0 Å². The van der Waals surface area contributed by atoms with Crippen LogP contribution in [-0.2, 0) is 0 Å². The van der Waals surface area contributed by atoms with Gasteiger partial charge in [0.05, 0.1) is 5.69 Å². The Balaban J connectivity index is 2.07. The third-order valence-electron chi connectivity index (χ3n) is 2.83. The fourth-order valence-corrected chi connectivity index (χ4v) is 1.96. The highest BCUT2D eigenvalue weighted by Gasteiger charge is 2.26. The number of piperidine rings is 1. The zero-order chi connectivity index (χ0) is 9.97. The number of nitrogens with one attached hydrogen (secondary N) is 1. The van der Waals surface area contributed by atoms with Gasteiger partial charge in [0.2, 0.25) is 0 Å². The molecule has 0 amide bonds. The molecule has 14 heavy (non-hydrogen) atoms. The standard InChI is InChI=1S/C10H16N2O2/c1-7-10(14-6-12-7)9(13)8-3-2-4-11-5-8/h6,8-9,11,13H,2-5H2,1H3. The zero-order valence-electron chi connectivity index (χ0n) is 8.36. The molecule has 0 saturated carbocycles. The van der Waals surface area contributed by atoms with Crippen LogP contribution >= 0.6 is 0 Å². The van der Waals surface area contributed by atoms with E-state index in [1.807, 2.05) is 6.92 Å². The molecule has 2 N–H and O–H groups in total. The Hall–Kier alpha value is -0.870. The number of aliphatic hydroxyl groups excluding tert-OH is 1. The molecular formula is C10H16N2O2. The first kappa shape index (κ1) is 9.68. The molecule has 1 aliphatic rings. The van der Waals surface area contributed by atoms with Crippen molar-refractivity contribution in [2.24, 2.45) is 5.92 Å². The van der Waals surface area contributed by atoms with Crippen molar-refractivity contribution in [3.05, 3.63) is 17.8 Å². The van der Waals surface area contributed by atoms with Crippen molar-refractivity contribution in [3.8, 4) is 0 Å². The lowest BCUT2D eigenvalue weighted by Crippen LogP contribution is -2.33. The summed E-state index contributed by atoms with van der Waals surface area (Å²) in [5.41, 5.74) is 0.795. The van der Waals surface area contributed by atoms with Gasteiger partial charge in [0.1, 0.15) is 6.10 Å². The molecule has 1 aromatic heterocycles. The first-order valence-electron chi connectivity index (χ1n) is 5.08. The molecule has 4 heteroatoms. The van der Waals surface area contributed by atoms with Gasteiger partial charge >= 0.3 is 0 Å². The molecule has 1 aliphatic heterocycles. The summed E-state index contributed by atoms with van der Waals surface area (Å²) in [5.74, 6) is 0.883. The predicted molar refractivity (Wildman–Crippen MR) is 51.8 cm³/mol. The van der Waals surface area contributed by atoms with E-state index < -0.39 is 6.10 Å². The molecule has 0 spiro atoms. The first-order chi connectivity index (χ1) is 6.79. The number of aliphatic hydroxyl groups is 1. The average Bonchev–Trinajstić information content (AvgIpc) is 2.65. The highest BCUT2D eigenvalue weighted by atomic mass is 16.4. The van der Waals surface area contributed by atoms with E-state index in [4.69, 9.17) is 4.42 Å². The molecule has 0 aliphatic carbocycles. The van der Waals surface area contributed by atoms with Crippen molar-refractivity contribution in [1.82, 2.24) is 10.3 Å². The molecule has 1 fully saturated rings. The van der Waals surface area contributed by atoms with Crippen molar-refractivity contribution in [2.75, 3.05) is 13.1 Å². The number of aromatic nitrogens is 1. The summed E-state index contributed by atoms with van der Waals surface area (Å²) in [7, 11) is 0. The highest BCUT2D eigenvalue weighted by Crippen LogP contribution is 2.28. The van der Waals surface area contributed by atoms with Crippen molar-refractivity contribution < 1.29 is 9.52 Å². The predicted octanol–water partition coefficient (Wildman–Crippen LogP) is 1.02. The third-order valence-corrected chi connectivity index (χ3v) is 2.83. The second kappa shape index (κ2) is 4.11. The average molecular weight is 196 g/mol. The van der Waals surface area contributed by atoms with Gasteiger partial charge in [-0.2, -0.15) is 0 Å². The first-order valence-corrected chi connectivity index (χ1v) is 5.08. The Bertz CT molecular complexity index is 292. The molecule has 1 aromatic rings. The van der Waals surface area contributed by atoms with Gasteiger partial charge in [-0.15, -0.1) is 0 Å². The quantitative estimate of drug-likeness (QED) is 0.741. The molecule has 2 rings (SSSR count). The lowest BCUT2D eigenvalue weighted by Gasteiger charge is -2.26. The van der Waals surface area contributed by atoms with Crippen molar-refractivity contribution in [2.45, 2.75) is 25.9 Å². The maximum absolute atomic E-state index is 10.0. The summed E-state index contributed by atoms with van der Waals surface area (Å²) >= 11 is 0. The summed E-state index contributed by atoms with van der Waals surface area (Å²) in [6.07, 6.45) is 3.05. The maximum Gasteiger partial charge on any atom is 0.181 e. The normalized spacial score (nSPS) is 24.9. The van der Waals surface area contributed by atoms with Crippen LogP contribution in [0.25, 0.3) is 0 Å². The van der Waals surface area contributed by atoms with Crippen LogP contribution in [0, 0.1) is 12.8 Å². The number of nitrogens with zero attached hydrogens (tertiary/aromatic N) is 1. The highest BCUT2D eigenvalue weighted by molar-refractivity contribution is 5.09. The molecule has 4 nitrogen and oxygen atoms in total. The van der Waals surface area contributed by atoms with Gasteiger partial charge in [-0.25, -0.2) is 4.98 Å². The Kier molecular flexibility index (Phi) is 2.84. The van der Waals surface area contributed by atoms with E-state index in [0.29, 0.717) is 5.76 Å². The Morgan fingerprint density at radius 3 is 3.14 bits per heavy atom. The van der Waals surface area contributed by atoms with Crippen LogP contribution in [0.5, 0.6) is 0 Å². The molecular weight excluding hydrogens is 180 g/mol. The van der Waals surface area contributed by atoms with Gasteiger partial charge in [0, 0.05) is 12.5 Å². The number of hydrogen-bond donors (Lipinski definition) is 2. The molecule has 1 saturated heterocycles. The van der Waals surface area contributed by atoms with Gasteiger partial charge in [0.25, 0.3) is 0 Å². The van der Waals surface area contributed by atoms with Gasteiger partial charge in [-0.05, 0) is 26.3 Å². The van der Waals surface area contributed by atoms with Crippen LogP contribution in [-0.4, -0.2) is 23.2 Å². The number of aryl methyl sites for hydroxylation is 1. The molecule has 0 radical (unpaired) electrons. The van der Waals surface area contributed by atoms with Crippen molar-refractivity contribution in [3.63, 3.8) is 0 Å². The molecule has 2 atom stereocenters. The van der Waals surface area contributed by atoms with Crippen molar-refractivity contribution in [1.29, 1.82) is 0 Å². The third kappa shape index (κ3) is 1.81. The zero-order valence-corrected chi connectivity index (χ0v) is 8.36. The smallest absolute Gasteiger partial charge is 0.181 e. The monoisotopic (exact) mass is 196 g/mol. The van der Waals surface area contributed by atoms with E-state index in [1.165, 1.54) is 6.39 Å². The fraction of sp³-hybridized carbons (Fsp3) is 0.700. The number of oxazole rings is 1. The summed E-state index contributed by atoms with van der Waals surface area (Å²) in [6.45, 7) is 3.78. The van der Waals surface area contributed by atoms with Crippen LogP contribution in [0.4, 0.5) is 0 Å². The van der Waals surface area contributed by atoms with Gasteiger partial charge in [-0.1, -0.05) is 0 Å². The minimum absolute atomic E-state index is 0.260. The van der Waals surface area contributed by atoms with Crippen molar-refractivity contribution >= 4 is 0 Å². The second-order valence-electron chi connectivity index (χ2n) is 3.85. The lowest BCUT2D eigenvalue weighted by atomic mass is 9.92. The largest absolute Gasteiger partial charge is 0.445 e. The van der Waals surface area contributed by atoms with Crippen LogP contribution in [0.1, 0.15) is 30.4 Å². The molecule has 0 bridgehead atoms. The summed E-state index contributed by atoms with van der Waals surface area (Å²) < 4.78 is 5.19. The second-order valence-corrected chi connectivity index (χ2v) is 3.85. The SMILES string of the molecule is Cc1ncoc1C(O)C1CCCNC1. The topological polar surface area (TPSA) is 58.3 Å². The van der Waals surface area contributed by atoms with E-state index in [0.717, 1.165) is 31.6 Å². The molecule has 0 aromatic carbocycles. The van der Waals surface area contributed by atoms with Crippen LogP contribution in [0.3, 0.4) is 0 Å². The molecule has 78 valence electrons. The molecule has 2 heterocycles. The Labute approximate surface area is 83.3 Å². The maximum atomic E-state index is 10.0. The summed E-state index contributed by atoms with van der Waals surface area (Å²) in [5, 5.41) is 13.3. The van der Waals surface area contributed by atoms with E-state index in [1.54, 1.807) is 0 Å². The van der Waals surface area contributed by atoms with Crippen LogP contribution < -0.4 is 5.32 Å². The van der Waals surface area contributed by atoms with Gasteiger partial charge in [0.15, 0.2) is 12.2 Å². The number of rotatable bonds is 2. The minimum atomic E-state index is -0.509. The van der Waals surface area contributed by atoms with E-state index in [2.05, 4.69) is 10.3 Å². The summed E-state index contributed by atoms with van der Waals surface area (Å²) in [6, 6.07) is 0. The van der Waals surface area contributed by atoms with E-state index in [9.17, 15) is 5.11 Å². The van der Waals surface area contributed by atoms with E-state index in [-0.39, 0.29) is 5.92 Å². The Morgan fingerprint density at radius 2 is 2.57 bits per heavy atom.